The van der Waals surface area contributed by atoms with Crippen LogP contribution >= 0.6 is 0 Å². The first-order valence-electron chi connectivity index (χ1n) is 8.18. The number of nitrogens with one attached hydrogen (secondary N) is 1. The van der Waals surface area contributed by atoms with Gasteiger partial charge in [-0.2, -0.15) is 5.10 Å². The van der Waals surface area contributed by atoms with Crippen molar-refractivity contribution in [3.05, 3.63) is 42.1 Å². The Labute approximate surface area is 136 Å². The third kappa shape index (κ3) is 3.82. The van der Waals surface area contributed by atoms with Crippen LogP contribution in [0.4, 0.5) is 0 Å². The molecule has 0 saturated heterocycles. The Kier molecular flexibility index (Phi) is 4.81. The number of hydrogen-bond donors (Lipinski definition) is 1. The van der Waals surface area contributed by atoms with Gasteiger partial charge in [-0.15, -0.1) is 0 Å². The molecular weight excluding hydrogens is 292 g/mol. The smallest absolute Gasteiger partial charge is 0.222 e. The molecule has 0 bridgehead atoms. The van der Waals surface area contributed by atoms with Crippen molar-refractivity contribution in [2.75, 3.05) is 13.1 Å². The van der Waals surface area contributed by atoms with E-state index in [0.29, 0.717) is 6.54 Å². The van der Waals surface area contributed by atoms with E-state index in [1.165, 1.54) is 5.69 Å². The molecule has 1 unspecified atom stereocenters. The topological polar surface area (TPSA) is 63.3 Å². The maximum atomic E-state index is 11.7. The van der Waals surface area contributed by atoms with Crippen molar-refractivity contribution in [1.82, 2.24) is 20.0 Å². The van der Waals surface area contributed by atoms with E-state index in [1.807, 2.05) is 32.2 Å². The highest BCUT2D eigenvalue weighted by Crippen LogP contribution is 2.24. The summed E-state index contributed by atoms with van der Waals surface area (Å²) in [6, 6.07) is 6.26. The second-order valence-corrected chi connectivity index (χ2v) is 6.40. The molecule has 0 fully saturated rings. The quantitative estimate of drug-likeness (QED) is 0.887. The van der Waals surface area contributed by atoms with E-state index in [1.54, 1.807) is 6.26 Å². The summed E-state index contributed by atoms with van der Waals surface area (Å²) in [6.07, 6.45) is 4.44. The van der Waals surface area contributed by atoms with Crippen molar-refractivity contribution in [3.8, 4) is 0 Å². The maximum Gasteiger partial charge on any atom is 0.222 e. The van der Waals surface area contributed by atoms with Gasteiger partial charge in [-0.3, -0.25) is 14.4 Å². The summed E-state index contributed by atoms with van der Waals surface area (Å²) >= 11 is 0. The summed E-state index contributed by atoms with van der Waals surface area (Å²) in [5.74, 6) is 1.11. The molecule has 2 aromatic heterocycles. The molecule has 0 saturated carbocycles. The third-order valence-corrected chi connectivity index (χ3v) is 4.21. The van der Waals surface area contributed by atoms with Gasteiger partial charge in [0.05, 0.1) is 24.5 Å². The maximum absolute atomic E-state index is 11.7. The van der Waals surface area contributed by atoms with E-state index < -0.39 is 0 Å². The van der Waals surface area contributed by atoms with Crippen LogP contribution in [0.3, 0.4) is 0 Å². The standard InChI is InChI=1S/C17H24N4O2/c1-13(2)17(22)18-7-5-14-10-20(12-16-4-3-9-23-16)11-15-6-8-19-21(14)15/h3-4,6,8-9,13-14H,5,7,10-12H2,1-2H3,(H,18,22). The van der Waals surface area contributed by atoms with Crippen molar-refractivity contribution in [2.24, 2.45) is 5.92 Å². The van der Waals surface area contributed by atoms with Crippen molar-refractivity contribution in [2.45, 2.75) is 39.4 Å². The highest BCUT2D eigenvalue weighted by Gasteiger charge is 2.25. The van der Waals surface area contributed by atoms with Gasteiger partial charge in [-0.1, -0.05) is 13.8 Å². The number of fused-ring (bicyclic) bond motifs is 1. The molecule has 1 aliphatic heterocycles. The summed E-state index contributed by atoms with van der Waals surface area (Å²) < 4.78 is 7.56. The lowest BCUT2D eigenvalue weighted by Crippen LogP contribution is -2.39. The average Bonchev–Trinajstić information content (AvgIpc) is 3.18. The molecule has 124 valence electrons. The molecule has 0 radical (unpaired) electrons. The first-order valence-corrected chi connectivity index (χ1v) is 8.18. The van der Waals surface area contributed by atoms with E-state index >= 15 is 0 Å². The second kappa shape index (κ2) is 7.00. The fourth-order valence-electron chi connectivity index (χ4n) is 2.99. The van der Waals surface area contributed by atoms with Gasteiger partial charge in [0.25, 0.3) is 0 Å². The van der Waals surface area contributed by atoms with Crippen LogP contribution in [-0.4, -0.2) is 33.7 Å². The zero-order chi connectivity index (χ0) is 16.2. The minimum atomic E-state index is 0.0251. The Hall–Kier alpha value is -2.08. The Morgan fingerprint density at radius 1 is 1.48 bits per heavy atom. The zero-order valence-corrected chi connectivity index (χ0v) is 13.7. The van der Waals surface area contributed by atoms with E-state index in [2.05, 4.69) is 26.1 Å². The van der Waals surface area contributed by atoms with Crippen molar-refractivity contribution < 1.29 is 9.21 Å². The molecule has 0 aliphatic carbocycles. The minimum Gasteiger partial charge on any atom is -0.468 e. The Bertz CT molecular complexity index is 633. The van der Waals surface area contributed by atoms with Crippen LogP contribution in [0.15, 0.2) is 35.1 Å². The minimum absolute atomic E-state index is 0.0251. The van der Waals surface area contributed by atoms with Crippen molar-refractivity contribution >= 4 is 5.91 Å². The van der Waals surface area contributed by atoms with Crippen LogP contribution in [0.2, 0.25) is 0 Å². The molecule has 3 rings (SSSR count). The first-order chi connectivity index (χ1) is 11.1. The number of aromatic nitrogens is 2. The van der Waals surface area contributed by atoms with E-state index in [0.717, 1.165) is 31.8 Å². The fourth-order valence-corrected chi connectivity index (χ4v) is 2.99. The zero-order valence-electron chi connectivity index (χ0n) is 13.7. The molecule has 23 heavy (non-hydrogen) atoms. The van der Waals surface area contributed by atoms with Crippen LogP contribution in [0.5, 0.6) is 0 Å². The second-order valence-electron chi connectivity index (χ2n) is 6.40. The van der Waals surface area contributed by atoms with Crippen LogP contribution in [0.1, 0.15) is 37.8 Å². The predicted molar refractivity (Wildman–Crippen MR) is 86.6 cm³/mol. The molecule has 1 aliphatic rings. The van der Waals surface area contributed by atoms with Gasteiger partial charge in [0.15, 0.2) is 0 Å². The largest absolute Gasteiger partial charge is 0.468 e. The Morgan fingerprint density at radius 3 is 3.09 bits per heavy atom. The number of hydrogen-bond acceptors (Lipinski definition) is 4. The summed E-state index contributed by atoms with van der Waals surface area (Å²) in [5, 5.41) is 7.45. The van der Waals surface area contributed by atoms with E-state index in [4.69, 9.17) is 4.42 Å². The predicted octanol–water partition coefficient (Wildman–Crippen LogP) is 2.20. The molecule has 6 nitrogen and oxygen atoms in total. The van der Waals surface area contributed by atoms with Gasteiger partial charge in [-0.25, -0.2) is 0 Å². The lowest BCUT2D eigenvalue weighted by atomic mass is 10.1. The third-order valence-electron chi connectivity index (χ3n) is 4.21. The van der Waals surface area contributed by atoms with Gasteiger partial charge < -0.3 is 9.73 Å². The number of rotatable bonds is 6. The number of furan rings is 1. The average molecular weight is 316 g/mol. The lowest BCUT2D eigenvalue weighted by Gasteiger charge is -2.33. The highest BCUT2D eigenvalue weighted by molar-refractivity contribution is 5.77. The van der Waals surface area contributed by atoms with Crippen LogP contribution in [0, 0.1) is 5.92 Å². The monoisotopic (exact) mass is 316 g/mol. The summed E-state index contributed by atoms with van der Waals surface area (Å²) in [6.45, 7) is 7.07. The fraction of sp³-hybridized carbons (Fsp3) is 0.529. The first kappa shape index (κ1) is 15.8. The molecule has 0 aromatic carbocycles. The van der Waals surface area contributed by atoms with E-state index in [9.17, 15) is 4.79 Å². The van der Waals surface area contributed by atoms with Gasteiger partial charge in [-0.05, 0) is 24.6 Å². The summed E-state index contributed by atoms with van der Waals surface area (Å²) in [4.78, 5) is 14.1. The van der Waals surface area contributed by atoms with Crippen molar-refractivity contribution in [1.29, 1.82) is 0 Å². The Morgan fingerprint density at radius 2 is 2.35 bits per heavy atom. The van der Waals surface area contributed by atoms with Crippen LogP contribution in [-0.2, 0) is 17.9 Å². The molecular formula is C17H24N4O2. The molecule has 1 N–H and O–H groups in total. The van der Waals surface area contributed by atoms with E-state index in [-0.39, 0.29) is 17.9 Å². The van der Waals surface area contributed by atoms with Gasteiger partial charge in [0, 0.05) is 31.7 Å². The Balaban J connectivity index is 1.61. The summed E-state index contributed by atoms with van der Waals surface area (Å²) in [5.41, 5.74) is 1.21. The summed E-state index contributed by atoms with van der Waals surface area (Å²) in [7, 11) is 0. The van der Waals surface area contributed by atoms with Crippen LogP contribution < -0.4 is 5.32 Å². The molecule has 2 aromatic rings. The molecule has 6 heteroatoms. The molecule has 0 spiro atoms. The number of nitrogens with zero attached hydrogens (tertiary/aromatic N) is 3. The van der Waals surface area contributed by atoms with Crippen LogP contribution in [0.25, 0.3) is 0 Å². The highest BCUT2D eigenvalue weighted by atomic mass is 16.3. The lowest BCUT2D eigenvalue weighted by molar-refractivity contribution is -0.124. The number of carbonyl (C=O) groups excluding carboxylic acids is 1. The van der Waals surface area contributed by atoms with Crippen molar-refractivity contribution in [3.63, 3.8) is 0 Å². The molecule has 1 atom stereocenters. The van der Waals surface area contributed by atoms with Gasteiger partial charge >= 0.3 is 0 Å². The molecule has 1 amide bonds. The SMILES string of the molecule is CC(C)C(=O)NCCC1CN(Cc2ccco2)Cc2ccnn21. The van der Waals surface area contributed by atoms with Gasteiger partial charge in [0.1, 0.15) is 5.76 Å². The number of amides is 1. The molecule has 3 heterocycles. The normalized spacial score (nSPS) is 18.1. The van der Waals surface area contributed by atoms with Gasteiger partial charge in [0.2, 0.25) is 5.91 Å². The number of carbonyl (C=O) groups is 1.